The van der Waals surface area contributed by atoms with E-state index in [1.54, 1.807) is 6.92 Å². The Hall–Kier alpha value is -2.77. The fourth-order valence-electron chi connectivity index (χ4n) is 2.10. The van der Waals surface area contributed by atoms with Gasteiger partial charge in [0.2, 0.25) is 0 Å². The Morgan fingerprint density at radius 2 is 2.05 bits per heavy atom. The summed E-state index contributed by atoms with van der Waals surface area (Å²) in [6, 6.07) is 5.45. The second-order valence-corrected chi connectivity index (χ2v) is 4.65. The van der Waals surface area contributed by atoms with Gasteiger partial charge in [-0.3, -0.25) is 19.7 Å². The van der Waals surface area contributed by atoms with E-state index in [0.29, 0.717) is 11.4 Å². The molecule has 0 aromatic heterocycles. The van der Waals surface area contributed by atoms with E-state index in [0.717, 1.165) is 5.01 Å². The molecule has 1 amide bonds. The van der Waals surface area contributed by atoms with Gasteiger partial charge in [-0.25, -0.2) is 5.01 Å². The van der Waals surface area contributed by atoms with Crippen LogP contribution >= 0.6 is 0 Å². The first-order chi connectivity index (χ1) is 9.90. The molecule has 0 saturated heterocycles. The van der Waals surface area contributed by atoms with Gasteiger partial charge in [-0.05, 0) is 25.5 Å². The van der Waals surface area contributed by atoms with Gasteiger partial charge in [0.1, 0.15) is 0 Å². The van der Waals surface area contributed by atoms with Crippen LogP contribution in [0.2, 0.25) is 0 Å². The number of aliphatic carboxylic acids is 1. The fraction of sp³-hybridized carbons (Fsp3) is 0.308. The molecule has 21 heavy (non-hydrogen) atoms. The number of carbonyl (C=O) groups excluding carboxylic acids is 1. The predicted octanol–water partition coefficient (Wildman–Crippen LogP) is 1.80. The highest BCUT2D eigenvalue weighted by Crippen LogP contribution is 2.27. The molecule has 0 aliphatic carbocycles. The van der Waals surface area contributed by atoms with Crippen LogP contribution in [0.1, 0.15) is 19.8 Å². The third-order valence-corrected chi connectivity index (χ3v) is 3.22. The second kappa shape index (κ2) is 5.70. The van der Waals surface area contributed by atoms with Crippen molar-refractivity contribution in [3.05, 3.63) is 34.4 Å². The van der Waals surface area contributed by atoms with Crippen molar-refractivity contribution in [1.82, 2.24) is 0 Å². The Kier molecular flexibility index (Phi) is 3.97. The molecular formula is C13H13N3O5. The minimum absolute atomic E-state index is 0.0754. The van der Waals surface area contributed by atoms with Gasteiger partial charge in [0, 0.05) is 24.3 Å². The van der Waals surface area contributed by atoms with E-state index < -0.39 is 16.8 Å². The molecule has 2 rings (SSSR count). The van der Waals surface area contributed by atoms with Crippen molar-refractivity contribution in [2.75, 3.05) is 5.01 Å². The Balaban J connectivity index is 2.16. The van der Waals surface area contributed by atoms with E-state index >= 15 is 0 Å². The number of amides is 1. The van der Waals surface area contributed by atoms with E-state index in [1.807, 2.05) is 0 Å². The number of carbonyl (C=O) groups is 2. The summed E-state index contributed by atoms with van der Waals surface area (Å²) in [7, 11) is 0. The summed E-state index contributed by atoms with van der Waals surface area (Å²) >= 11 is 0. The summed E-state index contributed by atoms with van der Waals surface area (Å²) in [5, 5.41) is 24.5. The zero-order valence-electron chi connectivity index (χ0n) is 11.2. The van der Waals surface area contributed by atoms with Gasteiger partial charge in [-0.1, -0.05) is 0 Å². The smallest absolute Gasteiger partial charge is 0.303 e. The van der Waals surface area contributed by atoms with Crippen molar-refractivity contribution in [2.45, 2.75) is 19.8 Å². The number of nitro benzene ring substituents is 1. The fourth-order valence-corrected chi connectivity index (χ4v) is 2.10. The second-order valence-electron chi connectivity index (χ2n) is 4.65. The lowest BCUT2D eigenvalue weighted by Gasteiger charge is -2.13. The van der Waals surface area contributed by atoms with Gasteiger partial charge < -0.3 is 5.11 Å². The van der Waals surface area contributed by atoms with Crippen LogP contribution in [0.5, 0.6) is 0 Å². The summed E-state index contributed by atoms with van der Waals surface area (Å²) in [5.41, 5.74) is 0.885. The van der Waals surface area contributed by atoms with Crippen molar-refractivity contribution < 1.29 is 19.6 Å². The highest BCUT2D eigenvalue weighted by atomic mass is 16.6. The first kappa shape index (κ1) is 14.6. The molecule has 0 fully saturated rings. The lowest BCUT2D eigenvalue weighted by atomic mass is 9.98. The molecule has 1 heterocycles. The summed E-state index contributed by atoms with van der Waals surface area (Å²) in [6.45, 7) is 1.66. The van der Waals surface area contributed by atoms with Crippen molar-refractivity contribution in [1.29, 1.82) is 0 Å². The Morgan fingerprint density at radius 1 is 1.43 bits per heavy atom. The SMILES string of the molecule is CC1=NN(c2ccc([N+](=O)[O-])cc2)C(=O)[C@@H]1CCC(=O)O. The van der Waals surface area contributed by atoms with Gasteiger partial charge in [-0.15, -0.1) is 0 Å². The molecule has 1 atom stereocenters. The van der Waals surface area contributed by atoms with Crippen LogP contribution in [-0.4, -0.2) is 27.6 Å². The van der Waals surface area contributed by atoms with Crippen molar-refractivity contribution >= 4 is 29.0 Å². The van der Waals surface area contributed by atoms with Crippen LogP contribution in [0.4, 0.5) is 11.4 Å². The average molecular weight is 291 g/mol. The van der Waals surface area contributed by atoms with Crippen LogP contribution in [0.15, 0.2) is 29.4 Å². The Bertz CT molecular complexity index is 623. The zero-order valence-corrected chi connectivity index (χ0v) is 11.2. The summed E-state index contributed by atoms with van der Waals surface area (Å²) in [4.78, 5) is 32.9. The number of hydrogen-bond acceptors (Lipinski definition) is 5. The Morgan fingerprint density at radius 3 is 2.57 bits per heavy atom. The number of non-ortho nitro benzene ring substituents is 1. The molecule has 1 aliphatic heterocycles. The molecule has 1 aromatic carbocycles. The van der Waals surface area contributed by atoms with Crippen molar-refractivity contribution in [2.24, 2.45) is 11.0 Å². The van der Waals surface area contributed by atoms with Gasteiger partial charge in [0.25, 0.3) is 11.6 Å². The number of carboxylic acids is 1. The van der Waals surface area contributed by atoms with Crippen LogP contribution < -0.4 is 5.01 Å². The molecule has 1 N–H and O–H groups in total. The lowest BCUT2D eigenvalue weighted by molar-refractivity contribution is -0.384. The number of benzene rings is 1. The highest BCUT2D eigenvalue weighted by Gasteiger charge is 2.34. The number of carboxylic acid groups (broad SMARTS) is 1. The van der Waals surface area contributed by atoms with E-state index in [2.05, 4.69) is 5.10 Å². The van der Waals surface area contributed by atoms with Gasteiger partial charge in [-0.2, -0.15) is 5.10 Å². The summed E-state index contributed by atoms with van der Waals surface area (Å²) in [6.07, 6.45) is 0.0738. The lowest BCUT2D eigenvalue weighted by Crippen LogP contribution is -2.27. The summed E-state index contributed by atoms with van der Waals surface area (Å²) < 4.78 is 0. The minimum atomic E-state index is -0.968. The quantitative estimate of drug-likeness (QED) is 0.656. The molecule has 0 unspecified atom stereocenters. The molecule has 0 radical (unpaired) electrons. The molecule has 0 saturated carbocycles. The number of hydrogen-bond donors (Lipinski definition) is 1. The van der Waals surface area contributed by atoms with Gasteiger partial charge in [0.15, 0.2) is 0 Å². The van der Waals surface area contributed by atoms with E-state index in [4.69, 9.17) is 5.11 Å². The molecule has 1 aromatic rings. The molecule has 8 nitrogen and oxygen atoms in total. The Labute approximate surface area is 119 Å². The van der Waals surface area contributed by atoms with Crippen LogP contribution in [0.3, 0.4) is 0 Å². The third-order valence-electron chi connectivity index (χ3n) is 3.22. The third kappa shape index (κ3) is 3.04. The van der Waals surface area contributed by atoms with Crippen LogP contribution in [0, 0.1) is 16.0 Å². The maximum absolute atomic E-state index is 12.2. The summed E-state index contributed by atoms with van der Waals surface area (Å²) in [5.74, 6) is -1.84. The first-order valence-electron chi connectivity index (χ1n) is 6.25. The first-order valence-corrected chi connectivity index (χ1v) is 6.25. The highest BCUT2D eigenvalue weighted by molar-refractivity contribution is 6.14. The maximum Gasteiger partial charge on any atom is 0.303 e. The van der Waals surface area contributed by atoms with Crippen LogP contribution in [0.25, 0.3) is 0 Å². The van der Waals surface area contributed by atoms with E-state index in [9.17, 15) is 19.7 Å². The standard InChI is InChI=1S/C13H13N3O5/c1-8-11(6-7-12(17)18)13(19)15(14-8)9-2-4-10(5-3-9)16(20)21/h2-5,11H,6-7H2,1H3,(H,17,18)/t11-/m1/s1. The number of anilines is 1. The number of rotatable bonds is 5. The van der Waals surface area contributed by atoms with Crippen molar-refractivity contribution in [3.63, 3.8) is 0 Å². The van der Waals surface area contributed by atoms with Crippen LogP contribution in [-0.2, 0) is 9.59 Å². The zero-order chi connectivity index (χ0) is 15.6. The molecular weight excluding hydrogens is 278 g/mol. The average Bonchev–Trinajstić information content (AvgIpc) is 2.72. The topological polar surface area (TPSA) is 113 Å². The molecule has 0 bridgehead atoms. The van der Waals surface area contributed by atoms with E-state index in [1.165, 1.54) is 24.3 Å². The van der Waals surface area contributed by atoms with E-state index in [-0.39, 0.29) is 24.4 Å². The van der Waals surface area contributed by atoms with Crippen molar-refractivity contribution in [3.8, 4) is 0 Å². The largest absolute Gasteiger partial charge is 0.481 e. The molecule has 110 valence electrons. The number of nitro groups is 1. The van der Waals surface area contributed by atoms with Gasteiger partial charge in [0.05, 0.1) is 16.5 Å². The van der Waals surface area contributed by atoms with Gasteiger partial charge >= 0.3 is 5.97 Å². The number of nitrogens with zero attached hydrogens (tertiary/aromatic N) is 3. The minimum Gasteiger partial charge on any atom is -0.481 e. The maximum atomic E-state index is 12.2. The molecule has 1 aliphatic rings. The molecule has 0 spiro atoms. The monoisotopic (exact) mass is 291 g/mol. The number of hydrazone groups is 1. The molecule has 8 heteroatoms. The predicted molar refractivity (Wildman–Crippen MR) is 74.1 cm³/mol. The normalized spacial score (nSPS) is 17.8.